The Labute approximate surface area is 131 Å². The number of aryl methyl sites for hydroxylation is 1. The second-order valence-electron chi connectivity index (χ2n) is 5.47. The van der Waals surface area contributed by atoms with E-state index in [1.807, 2.05) is 6.92 Å². The van der Waals surface area contributed by atoms with E-state index >= 15 is 0 Å². The molecule has 0 fully saturated rings. The Bertz CT molecular complexity index is 662. The van der Waals surface area contributed by atoms with Gasteiger partial charge in [0, 0.05) is 0 Å². The van der Waals surface area contributed by atoms with Crippen LogP contribution in [0, 0.1) is 6.92 Å². The average Bonchev–Trinajstić information content (AvgIpc) is 2.99. The van der Waals surface area contributed by atoms with E-state index in [-0.39, 0.29) is 4.90 Å². The summed E-state index contributed by atoms with van der Waals surface area (Å²) in [5, 5.41) is 0. The normalized spacial score (nSPS) is 16.2. The number of benzene rings is 1. The van der Waals surface area contributed by atoms with E-state index in [1.165, 1.54) is 19.2 Å². The summed E-state index contributed by atoms with van der Waals surface area (Å²) in [6.07, 6.45) is 5.36. The zero-order chi connectivity index (χ0) is 16.2. The van der Waals surface area contributed by atoms with Gasteiger partial charge in [-0.05, 0) is 44.7 Å². The lowest BCUT2D eigenvalue weighted by Crippen LogP contribution is -2.41. The molecule has 1 aromatic rings. The predicted molar refractivity (Wildman–Crippen MR) is 83.9 cm³/mol. The van der Waals surface area contributed by atoms with Crippen molar-refractivity contribution in [2.24, 2.45) is 0 Å². The number of ether oxygens (including phenoxy) is 1. The van der Waals surface area contributed by atoms with Crippen molar-refractivity contribution in [3.8, 4) is 0 Å². The van der Waals surface area contributed by atoms with Gasteiger partial charge in [-0.3, -0.25) is 4.79 Å². The quantitative estimate of drug-likeness (QED) is 0.644. The molecule has 0 saturated heterocycles. The highest BCUT2D eigenvalue weighted by Crippen LogP contribution is 2.23. The monoisotopic (exact) mass is 323 g/mol. The first-order chi connectivity index (χ1) is 10.4. The van der Waals surface area contributed by atoms with Crippen molar-refractivity contribution in [3.05, 3.63) is 41.5 Å². The molecule has 0 bridgehead atoms. The molecule has 22 heavy (non-hydrogen) atoms. The third-order valence-corrected chi connectivity index (χ3v) is 5.20. The predicted octanol–water partition coefficient (Wildman–Crippen LogP) is 2.32. The van der Waals surface area contributed by atoms with Crippen molar-refractivity contribution in [1.29, 1.82) is 0 Å². The van der Waals surface area contributed by atoms with Crippen LogP contribution in [0.1, 0.15) is 31.2 Å². The molecular weight excluding hydrogens is 302 g/mol. The number of rotatable bonds is 6. The Morgan fingerprint density at radius 3 is 2.55 bits per heavy atom. The number of carbonyl (C=O) groups excluding carboxylic acids is 1. The van der Waals surface area contributed by atoms with Gasteiger partial charge in [0.25, 0.3) is 0 Å². The second kappa shape index (κ2) is 7.07. The average molecular weight is 323 g/mol. The maximum atomic E-state index is 12.4. The Balaban J connectivity index is 2.17. The van der Waals surface area contributed by atoms with Crippen LogP contribution in [0.2, 0.25) is 0 Å². The summed E-state index contributed by atoms with van der Waals surface area (Å²) in [5.74, 6) is -0.566. The second-order valence-corrected chi connectivity index (χ2v) is 7.18. The summed E-state index contributed by atoms with van der Waals surface area (Å²) in [6.45, 7) is 1.88. The lowest BCUT2D eigenvalue weighted by atomic mass is 10.1. The van der Waals surface area contributed by atoms with E-state index < -0.39 is 22.0 Å². The summed E-state index contributed by atoms with van der Waals surface area (Å²) >= 11 is 0. The Hall–Kier alpha value is -1.66. The summed E-state index contributed by atoms with van der Waals surface area (Å²) < 4.78 is 32.0. The molecule has 1 atom stereocenters. The lowest BCUT2D eigenvalue weighted by molar-refractivity contribution is -0.142. The van der Waals surface area contributed by atoms with E-state index in [2.05, 4.69) is 10.8 Å². The molecule has 1 aliphatic rings. The molecule has 5 nitrogen and oxygen atoms in total. The zero-order valence-electron chi connectivity index (χ0n) is 12.8. The number of esters is 1. The van der Waals surface area contributed by atoms with Crippen molar-refractivity contribution in [2.75, 3.05) is 7.11 Å². The van der Waals surface area contributed by atoms with Gasteiger partial charge in [0.2, 0.25) is 10.0 Å². The minimum absolute atomic E-state index is 0.146. The molecule has 0 amide bonds. The maximum absolute atomic E-state index is 12.4. The Morgan fingerprint density at radius 2 is 2.00 bits per heavy atom. The molecule has 6 heteroatoms. The van der Waals surface area contributed by atoms with Crippen LogP contribution in [0.5, 0.6) is 0 Å². The van der Waals surface area contributed by atoms with Crippen molar-refractivity contribution in [2.45, 2.75) is 43.5 Å². The smallest absolute Gasteiger partial charge is 0.324 e. The van der Waals surface area contributed by atoms with Crippen molar-refractivity contribution in [3.63, 3.8) is 0 Å². The minimum Gasteiger partial charge on any atom is -0.468 e. The number of allylic oxidation sites excluding steroid dienone is 1. The fourth-order valence-electron chi connectivity index (χ4n) is 2.47. The molecule has 0 radical (unpaired) electrons. The minimum atomic E-state index is -3.75. The van der Waals surface area contributed by atoms with Gasteiger partial charge in [0.15, 0.2) is 0 Å². The zero-order valence-corrected chi connectivity index (χ0v) is 13.7. The molecule has 1 aliphatic carbocycles. The summed E-state index contributed by atoms with van der Waals surface area (Å²) in [7, 11) is -2.49. The van der Waals surface area contributed by atoms with Gasteiger partial charge in [0.1, 0.15) is 6.04 Å². The van der Waals surface area contributed by atoms with E-state index in [4.69, 9.17) is 4.74 Å². The van der Waals surface area contributed by atoms with E-state index in [9.17, 15) is 13.2 Å². The molecular formula is C16H21NO4S. The highest BCUT2D eigenvalue weighted by Gasteiger charge is 2.27. The van der Waals surface area contributed by atoms with Gasteiger partial charge in [0.05, 0.1) is 12.0 Å². The van der Waals surface area contributed by atoms with E-state index in [1.54, 1.807) is 12.1 Å². The van der Waals surface area contributed by atoms with E-state index in [0.29, 0.717) is 6.42 Å². The van der Waals surface area contributed by atoms with Crippen LogP contribution >= 0.6 is 0 Å². The van der Waals surface area contributed by atoms with Gasteiger partial charge in [-0.25, -0.2) is 8.42 Å². The maximum Gasteiger partial charge on any atom is 0.324 e. The Kier molecular flexibility index (Phi) is 5.37. The molecule has 1 aromatic carbocycles. The highest BCUT2D eigenvalue weighted by atomic mass is 32.2. The number of hydrogen-bond acceptors (Lipinski definition) is 4. The fourth-order valence-corrected chi connectivity index (χ4v) is 3.66. The van der Waals surface area contributed by atoms with Gasteiger partial charge >= 0.3 is 5.97 Å². The summed E-state index contributed by atoms with van der Waals surface area (Å²) in [5.41, 5.74) is 2.07. The van der Waals surface area contributed by atoms with Crippen LogP contribution in [0.15, 0.2) is 40.8 Å². The van der Waals surface area contributed by atoms with Crippen LogP contribution in [0.25, 0.3) is 0 Å². The fraction of sp³-hybridized carbons (Fsp3) is 0.438. The van der Waals surface area contributed by atoms with Gasteiger partial charge in [-0.2, -0.15) is 4.72 Å². The van der Waals surface area contributed by atoms with Crippen LogP contribution in [0.3, 0.4) is 0 Å². The molecule has 0 heterocycles. The SMILES string of the molecule is COC(=O)[C@H](CC1=CCCC1)NS(=O)(=O)c1ccc(C)cc1. The Morgan fingerprint density at radius 1 is 1.32 bits per heavy atom. The summed E-state index contributed by atoms with van der Waals surface area (Å²) in [6, 6.07) is 5.62. The number of hydrogen-bond donors (Lipinski definition) is 1. The number of carbonyl (C=O) groups is 1. The van der Waals surface area contributed by atoms with Crippen LogP contribution in [-0.2, 0) is 19.6 Å². The van der Waals surface area contributed by atoms with Crippen LogP contribution < -0.4 is 4.72 Å². The first kappa shape index (κ1) is 16.7. The number of sulfonamides is 1. The van der Waals surface area contributed by atoms with Crippen molar-refractivity contribution < 1.29 is 17.9 Å². The van der Waals surface area contributed by atoms with Crippen molar-refractivity contribution >= 4 is 16.0 Å². The molecule has 0 aliphatic heterocycles. The van der Waals surface area contributed by atoms with Gasteiger partial charge in [-0.1, -0.05) is 29.3 Å². The number of nitrogens with one attached hydrogen (secondary N) is 1. The van der Waals surface area contributed by atoms with E-state index in [0.717, 1.165) is 30.4 Å². The largest absolute Gasteiger partial charge is 0.468 e. The molecule has 0 saturated carbocycles. The third-order valence-electron chi connectivity index (χ3n) is 3.72. The third kappa shape index (κ3) is 4.18. The lowest BCUT2D eigenvalue weighted by Gasteiger charge is -2.17. The molecule has 120 valence electrons. The van der Waals surface area contributed by atoms with Gasteiger partial charge < -0.3 is 4.74 Å². The van der Waals surface area contributed by atoms with Gasteiger partial charge in [-0.15, -0.1) is 0 Å². The topological polar surface area (TPSA) is 72.5 Å². The highest BCUT2D eigenvalue weighted by molar-refractivity contribution is 7.89. The van der Waals surface area contributed by atoms with Crippen molar-refractivity contribution in [1.82, 2.24) is 4.72 Å². The molecule has 2 rings (SSSR count). The first-order valence-corrected chi connectivity index (χ1v) is 8.75. The molecule has 0 aromatic heterocycles. The summed E-state index contributed by atoms with van der Waals surface area (Å²) in [4.78, 5) is 12.0. The van der Waals surface area contributed by atoms with Crippen LogP contribution in [-0.4, -0.2) is 27.5 Å². The molecule has 0 spiro atoms. The molecule has 1 N–H and O–H groups in total. The first-order valence-electron chi connectivity index (χ1n) is 7.27. The number of methoxy groups -OCH3 is 1. The molecule has 0 unspecified atom stereocenters. The standard InChI is InChI=1S/C16H21NO4S/c1-12-7-9-14(10-8-12)22(19,20)17-15(16(18)21-2)11-13-5-3-4-6-13/h5,7-10,15,17H,3-4,6,11H2,1-2H3/t15-/m0/s1. The van der Waals surface area contributed by atoms with Crippen LogP contribution in [0.4, 0.5) is 0 Å².